The largest absolute Gasteiger partial charge is 0.385 e. The fraction of sp³-hybridized carbons (Fsp3) is 0.500. The summed E-state index contributed by atoms with van der Waals surface area (Å²) < 4.78 is 13.8. The van der Waals surface area contributed by atoms with Gasteiger partial charge in [-0.1, -0.05) is 0 Å². The molecular weight excluding hydrogens is 271 g/mol. The molecule has 1 heterocycles. The second kappa shape index (κ2) is 5.64. The molecule has 1 aliphatic heterocycles. The Balaban J connectivity index is 1.86. The first-order valence-electron chi connectivity index (χ1n) is 5.65. The van der Waals surface area contributed by atoms with Crippen molar-refractivity contribution in [2.24, 2.45) is 5.92 Å². The van der Waals surface area contributed by atoms with Crippen LogP contribution in [0.5, 0.6) is 0 Å². The zero-order valence-electron chi connectivity index (χ0n) is 9.10. The van der Waals surface area contributed by atoms with Gasteiger partial charge in [0.25, 0.3) is 0 Å². The third-order valence-corrected chi connectivity index (χ3v) is 3.62. The minimum atomic E-state index is -0.213. The summed E-state index contributed by atoms with van der Waals surface area (Å²) in [5.41, 5.74) is 0.860. The van der Waals surface area contributed by atoms with E-state index in [1.165, 1.54) is 18.9 Å². The van der Waals surface area contributed by atoms with Crippen molar-refractivity contribution in [2.75, 3.05) is 25.0 Å². The maximum absolute atomic E-state index is 13.2. The summed E-state index contributed by atoms with van der Waals surface area (Å²) in [5.74, 6) is 0.489. The molecule has 0 saturated carbocycles. The highest BCUT2D eigenvalue weighted by molar-refractivity contribution is 9.10. The summed E-state index contributed by atoms with van der Waals surface area (Å²) in [6.45, 7) is 3.13. The van der Waals surface area contributed by atoms with Gasteiger partial charge >= 0.3 is 0 Å². The number of nitrogens with one attached hydrogen (secondary N) is 2. The fourth-order valence-corrected chi connectivity index (χ4v) is 2.20. The second-order valence-corrected chi connectivity index (χ2v) is 5.06. The zero-order chi connectivity index (χ0) is 11.4. The van der Waals surface area contributed by atoms with E-state index in [0.717, 1.165) is 25.3 Å². The zero-order valence-corrected chi connectivity index (χ0v) is 10.7. The Hall–Kier alpha value is -0.610. The molecule has 2 nitrogen and oxygen atoms in total. The van der Waals surface area contributed by atoms with Crippen molar-refractivity contribution < 1.29 is 4.39 Å². The van der Waals surface area contributed by atoms with E-state index in [-0.39, 0.29) is 5.82 Å². The van der Waals surface area contributed by atoms with Gasteiger partial charge < -0.3 is 10.6 Å². The van der Waals surface area contributed by atoms with Crippen LogP contribution in [-0.2, 0) is 0 Å². The summed E-state index contributed by atoms with van der Waals surface area (Å²) in [6, 6.07) is 5.17. The minimum absolute atomic E-state index is 0.213. The number of anilines is 1. The Morgan fingerprint density at radius 3 is 2.81 bits per heavy atom. The molecule has 0 radical (unpaired) electrons. The first kappa shape index (κ1) is 11.9. The van der Waals surface area contributed by atoms with Gasteiger partial charge in [0.15, 0.2) is 0 Å². The van der Waals surface area contributed by atoms with Crippen molar-refractivity contribution in [3.63, 3.8) is 0 Å². The molecule has 1 saturated heterocycles. The molecule has 0 atom stereocenters. The molecule has 1 fully saturated rings. The number of piperidine rings is 1. The molecule has 0 unspecified atom stereocenters. The van der Waals surface area contributed by atoms with Crippen LogP contribution in [0.15, 0.2) is 22.7 Å². The highest BCUT2D eigenvalue weighted by atomic mass is 79.9. The number of halogens is 2. The Kier molecular flexibility index (Phi) is 4.18. The van der Waals surface area contributed by atoms with E-state index in [1.807, 2.05) is 6.07 Å². The summed E-state index contributed by atoms with van der Waals surface area (Å²) in [6.07, 6.45) is 2.40. The smallest absolute Gasteiger partial charge is 0.139 e. The normalized spacial score (nSPS) is 17.4. The van der Waals surface area contributed by atoms with E-state index >= 15 is 0 Å². The quantitative estimate of drug-likeness (QED) is 0.893. The summed E-state index contributed by atoms with van der Waals surface area (Å²) in [4.78, 5) is 0. The fourth-order valence-electron chi connectivity index (χ4n) is 1.95. The first-order valence-corrected chi connectivity index (χ1v) is 6.44. The SMILES string of the molecule is Fc1cc(NCC2CCNCC2)ccc1Br. The van der Waals surface area contributed by atoms with Crippen LogP contribution in [0.1, 0.15) is 12.8 Å². The van der Waals surface area contributed by atoms with Gasteiger partial charge in [0.1, 0.15) is 5.82 Å². The Morgan fingerprint density at radius 2 is 2.12 bits per heavy atom. The summed E-state index contributed by atoms with van der Waals surface area (Å²) in [5, 5.41) is 6.63. The average molecular weight is 287 g/mol. The second-order valence-electron chi connectivity index (χ2n) is 4.20. The van der Waals surface area contributed by atoms with Gasteiger partial charge in [-0.2, -0.15) is 0 Å². The average Bonchev–Trinajstić information content (AvgIpc) is 2.32. The van der Waals surface area contributed by atoms with E-state index < -0.39 is 0 Å². The topological polar surface area (TPSA) is 24.1 Å². The molecule has 0 amide bonds. The number of hydrogen-bond acceptors (Lipinski definition) is 2. The third kappa shape index (κ3) is 3.19. The Labute approximate surface area is 104 Å². The van der Waals surface area contributed by atoms with E-state index in [0.29, 0.717) is 10.4 Å². The Morgan fingerprint density at radius 1 is 1.38 bits per heavy atom. The van der Waals surface area contributed by atoms with E-state index in [2.05, 4.69) is 26.6 Å². The molecule has 1 aliphatic rings. The summed E-state index contributed by atoms with van der Waals surface area (Å²) in [7, 11) is 0. The van der Waals surface area contributed by atoms with Crippen molar-refractivity contribution in [2.45, 2.75) is 12.8 Å². The molecule has 4 heteroatoms. The van der Waals surface area contributed by atoms with Gasteiger partial charge in [-0.15, -0.1) is 0 Å². The van der Waals surface area contributed by atoms with Crippen molar-refractivity contribution in [1.29, 1.82) is 0 Å². The lowest BCUT2D eigenvalue weighted by Crippen LogP contribution is -2.31. The standard InChI is InChI=1S/C12H16BrFN2/c13-11-2-1-10(7-12(11)14)16-8-9-3-5-15-6-4-9/h1-2,7,9,15-16H,3-6,8H2. The van der Waals surface area contributed by atoms with Gasteiger partial charge in [-0.3, -0.25) is 0 Å². The van der Waals surface area contributed by atoms with Gasteiger partial charge in [-0.25, -0.2) is 4.39 Å². The van der Waals surface area contributed by atoms with Gasteiger partial charge in [0.05, 0.1) is 4.47 Å². The lowest BCUT2D eigenvalue weighted by atomic mass is 9.98. The highest BCUT2D eigenvalue weighted by Gasteiger charge is 2.12. The monoisotopic (exact) mass is 286 g/mol. The third-order valence-electron chi connectivity index (χ3n) is 2.97. The molecule has 1 aromatic carbocycles. The van der Waals surface area contributed by atoms with E-state index in [4.69, 9.17) is 0 Å². The van der Waals surface area contributed by atoms with Crippen LogP contribution in [0.3, 0.4) is 0 Å². The molecule has 1 aromatic rings. The lowest BCUT2D eigenvalue weighted by molar-refractivity contribution is 0.390. The lowest BCUT2D eigenvalue weighted by Gasteiger charge is -2.23. The van der Waals surface area contributed by atoms with Gasteiger partial charge in [0, 0.05) is 12.2 Å². The molecule has 0 aromatic heterocycles. The molecule has 16 heavy (non-hydrogen) atoms. The van der Waals surface area contributed by atoms with E-state index in [9.17, 15) is 4.39 Å². The molecule has 88 valence electrons. The van der Waals surface area contributed by atoms with Crippen LogP contribution in [0.25, 0.3) is 0 Å². The first-order chi connectivity index (χ1) is 7.75. The van der Waals surface area contributed by atoms with Crippen LogP contribution < -0.4 is 10.6 Å². The van der Waals surface area contributed by atoms with Crippen molar-refractivity contribution in [1.82, 2.24) is 5.32 Å². The minimum Gasteiger partial charge on any atom is -0.385 e. The van der Waals surface area contributed by atoms with Crippen molar-refractivity contribution in [3.05, 3.63) is 28.5 Å². The summed E-state index contributed by atoms with van der Waals surface area (Å²) >= 11 is 3.15. The molecule has 0 bridgehead atoms. The van der Waals surface area contributed by atoms with Crippen molar-refractivity contribution in [3.8, 4) is 0 Å². The predicted octanol–water partition coefficient (Wildman–Crippen LogP) is 3.00. The van der Waals surface area contributed by atoms with Crippen LogP contribution in [0.2, 0.25) is 0 Å². The van der Waals surface area contributed by atoms with Crippen molar-refractivity contribution >= 4 is 21.6 Å². The number of hydrogen-bond donors (Lipinski definition) is 2. The van der Waals surface area contributed by atoms with Crippen LogP contribution in [-0.4, -0.2) is 19.6 Å². The van der Waals surface area contributed by atoms with Crippen LogP contribution >= 0.6 is 15.9 Å². The predicted molar refractivity (Wildman–Crippen MR) is 68.2 cm³/mol. The molecule has 0 aliphatic carbocycles. The van der Waals surface area contributed by atoms with E-state index in [1.54, 1.807) is 6.07 Å². The maximum Gasteiger partial charge on any atom is 0.139 e. The molecule has 2 rings (SSSR count). The van der Waals surface area contributed by atoms with Crippen LogP contribution in [0.4, 0.5) is 10.1 Å². The number of rotatable bonds is 3. The Bertz CT molecular complexity index is 351. The molecular formula is C12H16BrFN2. The molecule has 0 spiro atoms. The highest BCUT2D eigenvalue weighted by Crippen LogP contribution is 2.20. The van der Waals surface area contributed by atoms with Gasteiger partial charge in [-0.05, 0) is 66.0 Å². The van der Waals surface area contributed by atoms with Gasteiger partial charge in [0.2, 0.25) is 0 Å². The maximum atomic E-state index is 13.2. The number of benzene rings is 1. The molecule has 2 N–H and O–H groups in total. The van der Waals surface area contributed by atoms with Crippen LogP contribution in [0, 0.1) is 11.7 Å².